The van der Waals surface area contributed by atoms with Crippen molar-refractivity contribution in [3.8, 4) is 5.75 Å². The normalized spacial score (nSPS) is 15.0. The molecular formula is C16H24N2O2S. The van der Waals surface area contributed by atoms with Gasteiger partial charge in [-0.05, 0) is 31.4 Å². The number of benzene rings is 1. The molecule has 0 spiro atoms. The van der Waals surface area contributed by atoms with E-state index in [2.05, 4.69) is 4.90 Å². The number of nitrogens with zero attached hydrogens (tertiary/aromatic N) is 1. The molecule has 116 valence electrons. The van der Waals surface area contributed by atoms with E-state index in [0.29, 0.717) is 17.6 Å². The summed E-state index contributed by atoms with van der Waals surface area (Å²) in [6.07, 6.45) is 4.68. The van der Waals surface area contributed by atoms with Crippen molar-refractivity contribution in [3.05, 3.63) is 29.8 Å². The van der Waals surface area contributed by atoms with Crippen molar-refractivity contribution < 1.29 is 9.84 Å². The molecule has 21 heavy (non-hydrogen) atoms. The van der Waals surface area contributed by atoms with Gasteiger partial charge in [-0.25, -0.2) is 0 Å². The molecule has 1 aromatic rings. The smallest absolute Gasteiger partial charge is 0.120 e. The molecule has 1 aliphatic rings. The summed E-state index contributed by atoms with van der Waals surface area (Å²) in [5.74, 6) is 0.802. The van der Waals surface area contributed by atoms with Crippen LogP contribution < -0.4 is 10.5 Å². The van der Waals surface area contributed by atoms with Gasteiger partial charge in [0.1, 0.15) is 17.3 Å². The lowest BCUT2D eigenvalue weighted by molar-refractivity contribution is 0.0984. The molecule has 0 unspecified atom stereocenters. The lowest BCUT2D eigenvalue weighted by Crippen LogP contribution is -2.43. The highest BCUT2D eigenvalue weighted by molar-refractivity contribution is 7.80. The molecule has 5 heteroatoms. The van der Waals surface area contributed by atoms with Crippen LogP contribution in [0.5, 0.6) is 5.75 Å². The zero-order valence-corrected chi connectivity index (χ0v) is 13.1. The van der Waals surface area contributed by atoms with E-state index in [1.165, 1.54) is 19.3 Å². The Morgan fingerprint density at radius 2 is 2.19 bits per heavy atom. The first-order chi connectivity index (χ1) is 10.2. The summed E-state index contributed by atoms with van der Waals surface area (Å²) in [6.45, 7) is 2.72. The van der Waals surface area contributed by atoms with Gasteiger partial charge < -0.3 is 15.6 Å². The first-order valence-electron chi connectivity index (χ1n) is 7.58. The Kier molecular flexibility index (Phi) is 6.42. The third-order valence-electron chi connectivity index (χ3n) is 3.96. The largest absolute Gasteiger partial charge is 0.492 e. The van der Waals surface area contributed by atoms with Crippen molar-refractivity contribution in [1.82, 2.24) is 4.90 Å². The fourth-order valence-corrected chi connectivity index (χ4v) is 2.65. The number of aliphatic hydroxyl groups excluding tert-OH is 1. The van der Waals surface area contributed by atoms with Crippen LogP contribution >= 0.6 is 12.2 Å². The first-order valence-corrected chi connectivity index (χ1v) is 7.99. The summed E-state index contributed by atoms with van der Waals surface area (Å²) in [7, 11) is 0. The molecule has 0 bridgehead atoms. The van der Waals surface area contributed by atoms with Crippen molar-refractivity contribution in [2.45, 2.75) is 31.7 Å². The maximum Gasteiger partial charge on any atom is 0.120 e. The van der Waals surface area contributed by atoms with Crippen LogP contribution in [0.15, 0.2) is 24.3 Å². The third kappa shape index (κ3) is 4.95. The minimum atomic E-state index is 0.250. The van der Waals surface area contributed by atoms with Crippen LogP contribution in [0.3, 0.4) is 0 Å². The molecule has 1 fully saturated rings. The molecule has 0 aromatic heterocycles. The van der Waals surface area contributed by atoms with Gasteiger partial charge in [-0.3, -0.25) is 4.90 Å². The lowest BCUT2D eigenvalue weighted by atomic mass is 9.91. The highest BCUT2D eigenvalue weighted by Gasteiger charge is 2.24. The van der Waals surface area contributed by atoms with Crippen molar-refractivity contribution in [3.63, 3.8) is 0 Å². The summed E-state index contributed by atoms with van der Waals surface area (Å²) in [4.78, 5) is 2.82. The van der Waals surface area contributed by atoms with E-state index in [1.807, 2.05) is 24.3 Å². The van der Waals surface area contributed by atoms with Gasteiger partial charge in [-0.1, -0.05) is 30.8 Å². The SMILES string of the molecule is NC(=S)c1cccc(OCCN(CCCO)C2CCC2)c1. The van der Waals surface area contributed by atoms with E-state index >= 15 is 0 Å². The Labute approximate surface area is 131 Å². The molecule has 4 nitrogen and oxygen atoms in total. The highest BCUT2D eigenvalue weighted by Crippen LogP contribution is 2.24. The van der Waals surface area contributed by atoms with Crippen LogP contribution in [-0.4, -0.2) is 47.3 Å². The van der Waals surface area contributed by atoms with Crippen LogP contribution in [0.4, 0.5) is 0 Å². The van der Waals surface area contributed by atoms with Gasteiger partial charge >= 0.3 is 0 Å². The van der Waals surface area contributed by atoms with Crippen LogP contribution in [0.2, 0.25) is 0 Å². The average Bonchev–Trinajstić information content (AvgIpc) is 2.43. The van der Waals surface area contributed by atoms with Gasteiger partial charge in [0.25, 0.3) is 0 Å². The fraction of sp³-hybridized carbons (Fsp3) is 0.562. The second-order valence-corrected chi connectivity index (χ2v) is 5.88. The van der Waals surface area contributed by atoms with Crippen molar-refractivity contribution in [2.24, 2.45) is 5.73 Å². The average molecular weight is 308 g/mol. The first kappa shape index (κ1) is 16.2. The molecule has 0 saturated heterocycles. The fourth-order valence-electron chi connectivity index (χ4n) is 2.52. The molecule has 2 rings (SSSR count). The number of hydrogen-bond acceptors (Lipinski definition) is 4. The summed E-state index contributed by atoms with van der Waals surface area (Å²) >= 11 is 4.97. The molecule has 0 amide bonds. The standard InChI is InChI=1S/C16H24N2O2S/c17-16(21)13-4-1-7-15(12-13)20-11-9-18(8-3-10-19)14-5-2-6-14/h1,4,7,12,14,19H,2-3,5-6,8-11H2,(H2,17,21). The number of aliphatic hydroxyl groups is 1. The summed E-state index contributed by atoms with van der Waals surface area (Å²) < 4.78 is 5.81. The summed E-state index contributed by atoms with van der Waals surface area (Å²) in [5, 5.41) is 8.99. The van der Waals surface area contributed by atoms with Gasteiger partial charge in [-0.2, -0.15) is 0 Å². The van der Waals surface area contributed by atoms with E-state index in [9.17, 15) is 0 Å². The molecule has 1 saturated carbocycles. The Hall–Kier alpha value is -1.17. The summed E-state index contributed by atoms with van der Waals surface area (Å²) in [6, 6.07) is 8.26. The number of rotatable bonds is 9. The third-order valence-corrected chi connectivity index (χ3v) is 4.20. The number of hydrogen-bond donors (Lipinski definition) is 2. The zero-order chi connectivity index (χ0) is 15.1. The predicted molar refractivity (Wildman–Crippen MR) is 88.7 cm³/mol. The summed E-state index contributed by atoms with van der Waals surface area (Å²) in [5.41, 5.74) is 6.46. The monoisotopic (exact) mass is 308 g/mol. The topological polar surface area (TPSA) is 58.7 Å². The van der Waals surface area contributed by atoms with E-state index in [0.717, 1.165) is 30.8 Å². The van der Waals surface area contributed by atoms with Crippen LogP contribution in [-0.2, 0) is 0 Å². The predicted octanol–water partition coefficient (Wildman–Crippen LogP) is 1.94. The second-order valence-electron chi connectivity index (χ2n) is 5.44. The van der Waals surface area contributed by atoms with Gasteiger partial charge in [0.2, 0.25) is 0 Å². The molecule has 1 aromatic carbocycles. The molecule has 3 N–H and O–H groups in total. The number of thiocarbonyl (C=S) groups is 1. The molecular weight excluding hydrogens is 284 g/mol. The minimum absolute atomic E-state index is 0.250. The molecule has 0 heterocycles. The molecule has 1 aliphatic carbocycles. The van der Waals surface area contributed by atoms with Gasteiger partial charge in [-0.15, -0.1) is 0 Å². The van der Waals surface area contributed by atoms with Gasteiger partial charge in [0, 0.05) is 31.3 Å². The minimum Gasteiger partial charge on any atom is -0.492 e. The highest BCUT2D eigenvalue weighted by atomic mass is 32.1. The van der Waals surface area contributed by atoms with Gasteiger partial charge in [0.05, 0.1) is 0 Å². The van der Waals surface area contributed by atoms with Crippen molar-refractivity contribution >= 4 is 17.2 Å². The number of ether oxygens (including phenoxy) is 1. The maximum absolute atomic E-state index is 8.99. The lowest BCUT2D eigenvalue weighted by Gasteiger charge is -2.37. The van der Waals surface area contributed by atoms with E-state index < -0.39 is 0 Å². The van der Waals surface area contributed by atoms with E-state index in [1.54, 1.807) is 0 Å². The molecule has 0 radical (unpaired) electrons. The zero-order valence-electron chi connectivity index (χ0n) is 12.3. The second kappa shape index (κ2) is 8.32. The Bertz CT molecular complexity index is 463. The maximum atomic E-state index is 8.99. The Morgan fingerprint density at radius 3 is 2.81 bits per heavy atom. The Balaban J connectivity index is 1.80. The van der Waals surface area contributed by atoms with Gasteiger partial charge in [0.15, 0.2) is 0 Å². The number of nitrogens with two attached hydrogens (primary N) is 1. The quantitative estimate of drug-likeness (QED) is 0.683. The molecule has 0 atom stereocenters. The molecule has 0 aliphatic heterocycles. The van der Waals surface area contributed by atoms with Crippen LogP contribution in [0.1, 0.15) is 31.2 Å². The van der Waals surface area contributed by atoms with Crippen LogP contribution in [0, 0.1) is 0 Å². The van der Waals surface area contributed by atoms with Crippen molar-refractivity contribution in [1.29, 1.82) is 0 Å². The van der Waals surface area contributed by atoms with E-state index in [-0.39, 0.29) is 6.61 Å². The van der Waals surface area contributed by atoms with Crippen LogP contribution in [0.25, 0.3) is 0 Å². The van der Waals surface area contributed by atoms with E-state index in [4.69, 9.17) is 27.8 Å². The van der Waals surface area contributed by atoms with Crippen molar-refractivity contribution in [2.75, 3.05) is 26.3 Å². The Morgan fingerprint density at radius 1 is 1.38 bits per heavy atom.